The van der Waals surface area contributed by atoms with Crippen molar-refractivity contribution in [3.05, 3.63) is 139 Å². The summed E-state index contributed by atoms with van der Waals surface area (Å²) in [6, 6.07) is 31.9. The molecule has 3 heterocycles. The Morgan fingerprint density at radius 3 is 1.96 bits per heavy atom. The van der Waals surface area contributed by atoms with Gasteiger partial charge in [0, 0.05) is 38.1 Å². The maximum absolute atomic E-state index is 6.74. The molecular formula is C44H37NO2. The van der Waals surface area contributed by atoms with Crippen LogP contribution < -0.4 is 0 Å². The first-order valence-corrected chi connectivity index (χ1v) is 16.2. The Morgan fingerprint density at radius 2 is 1.26 bits per heavy atom. The minimum Gasteiger partial charge on any atom is -0.455 e. The average Bonchev–Trinajstić information content (AvgIpc) is 3.77. The van der Waals surface area contributed by atoms with Gasteiger partial charge in [-0.05, 0) is 66.9 Å². The summed E-state index contributed by atoms with van der Waals surface area (Å²) in [7, 11) is 0. The van der Waals surface area contributed by atoms with Gasteiger partial charge in [0.25, 0.3) is 0 Å². The number of furan rings is 2. The van der Waals surface area contributed by atoms with Gasteiger partial charge in [-0.3, -0.25) is 0 Å². The summed E-state index contributed by atoms with van der Waals surface area (Å²) in [5.74, 6) is 0. The molecule has 0 aliphatic carbocycles. The molecule has 5 aromatic carbocycles. The van der Waals surface area contributed by atoms with Crippen LogP contribution in [0.25, 0.3) is 95.9 Å². The second-order valence-electron chi connectivity index (χ2n) is 11.3. The molecule has 0 atom stereocenters. The third kappa shape index (κ3) is 4.66. The van der Waals surface area contributed by atoms with E-state index in [0.717, 1.165) is 94.0 Å². The Bertz CT molecular complexity index is 2540. The number of allylic oxidation sites excluding steroid dienone is 2. The Hall–Kier alpha value is -5.80. The summed E-state index contributed by atoms with van der Waals surface area (Å²) in [5, 5.41) is 5.32. The molecule has 0 aliphatic rings. The lowest BCUT2D eigenvalue weighted by Crippen LogP contribution is -1.97. The molecule has 47 heavy (non-hydrogen) atoms. The minimum absolute atomic E-state index is 0.829. The van der Waals surface area contributed by atoms with Crippen molar-refractivity contribution in [1.82, 2.24) is 4.57 Å². The summed E-state index contributed by atoms with van der Waals surface area (Å²) < 4.78 is 15.7. The number of nitrogens with zero attached hydrogens (tertiary/aromatic N) is 1. The van der Waals surface area contributed by atoms with Crippen molar-refractivity contribution in [3.63, 3.8) is 0 Å². The monoisotopic (exact) mass is 611 g/mol. The number of aromatic nitrogens is 1. The number of hydrogen-bond donors (Lipinski definition) is 0. The summed E-state index contributed by atoms with van der Waals surface area (Å²) in [6.45, 7) is 16.2. The van der Waals surface area contributed by atoms with E-state index in [1.807, 2.05) is 45.9 Å². The van der Waals surface area contributed by atoms with Gasteiger partial charge in [-0.2, -0.15) is 0 Å². The molecule has 3 heteroatoms. The normalized spacial score (nSPS) is 11.8. The van der Waals surface area contributed by atoms with E-state index in [-0.39, 0.29) is 0 Å². The maximum atomic E-state index is 6.74. The van der Waals surface area contributed by atoms with Crippen LogP contribution in [-0.4, -0.2) is 4.57 Å². The lowest BCUT2D eigenvalue weighted by atomic mass is 9.97. The van der Waals surface area contributed by atoms with Crippen LogP contribution in [0.15, 0.2) is 125 Å². The van der Waals surface area contributed by atoms with E-state index < -0.39 is 0 Å². The Morgan fingerprint density at radius 1 is 0.596 bits per heavy atom. The smallest absolute Gasteiger partial charge is 0.159 e. The van der Waals surface area contributed by atoms with Crippen LogP contribution in [0.3, 0.4) is 0 Å². The molecule has 3 nitrogen and oxygen atoms in total. The third-order valence-electron chi connectivity index (χ3n) is 8.78. The predicted octanol–water partition coefficient (Wildman–Crippen LogP) is 13.5. The van der Waals surface area contributed by atoms with Crippen molar-refractivity contribution in [2.75, 3.05) is 0 Å². The van der Waals surface area contributed by atoms with E-state index >= 15 is 0 Å². The summed E-state index contributed by atoms with van der Waals surface area (Å²) in [6.07, 6.45) is 12.2. The van der Waals surface area contributed by atoms with Crippen LogP contribution in [0.1, 0.15) is 50.1 Å². The number of fused-ring (bicyclic) bond motifs is 7. The van der Waals surface area contributed by atoms with Gasteiger partial charge in [-0.1, -0.05) is 118 Å². The van der Waals surface area contributed by atoms with Crippen molar-refractivity contribution in [1.29, 1.82) is 0 Å². The molecule has 0 radical (unpaired) electrons. The highest BCUT2D eigenvalue weighted by molar-refractivity contribution is 6.17. The van der Waals surface area contributed by atoms with E-state index in [0.29, 0.717) is 0 Å². The van der Waals surface area contributed by atoms with Crippen molar-refractivity contribution >= 4 is 79.1 Å². The highest BCUT2D eigenvalue weighted by Crippen LogP contribution is 2.42. The van der Waals surface area contributed by atoms with Crippen molar-refractivity contribution in [3.8, 4) is 16.8 Å². The van der Waals surface area contributed by atoms with Crippen molar-refractivity contribution < 1.29 is 8.83 Å². The zero-order valence-electron chi connectivity index (χ0n) is 27.3. The Labute approximate surface area is 275 Å². The molecule has 0 N–H and O–H groups in total. The van der Waals surface area contributed by atoms with Gasteiger partial charge < -0.3 is 13.4 Å². The van der Waals surface area contributed by atoms with Gasteiger partial charge in [0.1, 0.15) is 16.7 Å². The van der Waals surface area contributed by atoms with E-state index in [2.05, 4.69) is 127 Å². The second-order valence-corrected chi connectivity index (χ2v) is 11.3. The Balaban J connectivity index is 0.00000172. The fraction of sp³-hybridized carbons (Fsp3) is 0.0909. The quantitative estimate of drug-likeness (QED) is 0.187. The lowest BCUT2D eigenvalue weighted by molar-refractivity contribution is 0.662. The van der Waals surface area contributed by atoms with Crippen LogP contribution in [0.5, 0.6) is 0 Å². The van der Waals surface area contributed by atoms with E-state index in [4.69, 9.17) is 8.83 Å². The van der Waals surface area contributed by atoms with Gasteiger partial charge in [0.05, 0.1) is 16.9 Å². The fourth-order valence-corrected chi connectivity index (χ4v) is 6.81. The summed E-state index contributed by atoms with van der Waals surface area (Å²) in [5.41, 5.74) is 12.0. The molecular weight excluding hydrogens is 574 g/mol. The largest absolute Gasteiger partial charge is 0.455 e. The van der Waals surface area contributed by atoms with Crippen LogP contribution in [0.2, 0.25) is 0 Å². The minimum atomic E-state index is 0.829. The molecule has 0 fully saturated rings. The van der Waals surface area contributed by atoms with E-state index in [1.165, 1.54) is 0 Å². The molecule has 0 amide bonds. The van der Waals surface area contributed by atoms with E-state index in [9.17, 15) is 0 Å². The molecule has 8 rings (SSSR count). The van der Waals surface area contributed by atoms with Crippen LogP contribution >= 0.6 is 0 Å². The molecule has 3 aromatic heterocycles. The number of para-hydroxylation sites is 3. The average molecular weight is 612 g/mol. The lowest BCUT2D eigenvalue weighted by Gasteiger charge is -2.10. The molecule has 8 aromatic rings. The number of rotatable bonds is 6. The standard InChI is InChI=1S/C42H31NO2.C2H6/c1-5-13-27-21-22-28(23-26(27)7-3)30-16-11-17-32-34-24-40-35(25-39(34)44-41(30)32)33-18-12-20-38(42(33)45-40)43-36(14-6-2)29(8-4)31-15-9-10-19-37(31)43;1-2/h5-25H,3-4H2,1-2H3;1-2H3/b13-5-,14-6-;. The van der Waals surface area contributed by atoms with Crippen LogP contribution in [-0.2, 0) is 0 Å². The topological polar surface area (TPSA) is 31.2 Å². The first-order chi connectivity index (χ1) is 23.1. The summed E-state index contributed by atoms with van der Waals surface area (Å²) in [4.78, 5) is 0. The molecule has 0 saturated carbocycles. The first kappa shape index (κ1) is 29.9. The summed E-state index contributed by atoms with van der Waals surface area (Å²) >= 11 is 0. The van der Waals surface area contributed by atoms with Gasteiger partial charge >= 0.3 is 0 Å². The molecule has 0 bridgehead atoms. The zero-order valence-corrected chi connectivity index (χ0v) is 27.3. The SMILES string of the molecule is C=Cc1cc(-c2cccc3c2oc2cc4c(cc23)oc2c(-n3c(/C=C\C)c(C=C)c5ccccc53)cccc24)ccc1/C=C\C.CC. The molecule has 0 spiro atoms. The van der Waals surface area contributed by atoms with Gasteiger partial charge in [0.15, 0.2) is 5.58 Å². The van der Waals surface area contributed by atoms with Gasteiger partial charge in [-0.25, -0.2) is 0 Å². The highest BCUT2D eigenvalue weighted by Gasteiger charge is 2.21. The van der Waals surface area contributed by atoms with Crippen molar-refractivity contribution in [2.24, 2.45) is 0 Å². The fourth-order valence-electron chi connectivity index (χ4n) is 6.81. The molecule has 0 unspecified atom stereocenters. The number of hydrogen-bond acceptors (Lipinski definition) is 2. The molecule has 230 valence electrons. The predicted molar refractivity (Wildman–Crippen MR) is 204 cm³/mol. The maximum Gasteiger partial charge on any atom is 0.159 e. The third-order valence-corrected chi connectivity index (χ3v) is 8.78. The molecule has 0 aliphatic heterocycles. The van der Waals surface area contributed by atoms with E-state index in [1.54, 1.807) is 0 Å². The molecule has 0 saturated heterocycles. The van der Waals surface area contributed by atoms with Gasteiger partial charge in [-0.15, -0.1) is 0 Å². The van der Waals surface area contributed by atoms with Crippen LogP contribution in [0, 0.1) is 0 Å². The zero-order chi connectivity index (χ0) is 32.7. The van der Waals surface area contributed by atoms with Crippen LogP contribution in [0.4, 0.5) is 0 Å². The van der Waals surface area contributed by atoms with Gasteiger partial charge in [0.2, 0.25) is 0 Å². The Kier molecular flexibility index (Phi) is 7.75. The number of benzene rings is 5. The second kappa shape index (κ2) is 12.2. The van der Waals surface area contributed by atoms with Crippen molar-refractivity contribution in [2.45, 2.75) is 27.7 Å². The highest BCUT2D eigenvalue weighted by atomic mass is 16.3. The first-order valence-electron chi connectivity index (χ1n) is 16.2.